The first-order valence-corrected chi connectivity index (χ1v) is 13.8. The van der Waals surface area contributed by atoms with Crippen molar-refractivity contribution in [1.29, 1.82) is 0 Å². The number of nitrogens with zero attached hydrogens (tertiary/aromatic N) is 3. The van der Waals surface area contributed by atoms with Crippen LogP contribution in [0.5, 0.6) is 6.01 Å². The number of alkyl halides is 4. The highest BCUT2D eigenvalue weighted by Crippen LogP contribution is 2.27. The van der Waals surface area contributed by atoms with Crippen LogP contribution in [0.4, 0.5) is 30.8 Å². The highest BCUT2D eigenvalue weighted by Gasteiger charge is 2.29. The highest BCUT2D eigenvalue weighted by molar-refractivity contribution is 9.09. The molecule has 0 amide bonds. The Morgan fingerprint density at radius 2 is 1.75 bits per heavy atom. The summed E-state index contributed by atoms with van der Waals surface area (Å²) in [5.74, 6) is 0.622. The molecule has 2 aromatic rings. The van der Waals surface area contributed by atoms with Crippen LogP contribution in [-0.2, 0) is 9.47 Å². The van der Waals surface area contributed by atoms with Crippen molar-refractivity contribution < 1.29 is 32.2 Å². The molecular weight excluding hydrogens is 595 g/mol. The molecule has 218 valence electrons. The zero-order valence-electron chi connectivity index (χ0n) is 22.8. The molecule has 1 unspecified atom stereocenters. The molecule has 1 heterocycles. The number of nitrogens with one attached hydrogen (secondary N) is 2. The van der Waals surface area contributed by atoms with Crippen LogP contribution in [-0.4, -0.2) is 57.8 Å². The molecule has 0 fully saturated rings. The first kappa shape index (κ1) is 31.2. The molecular formula is C27H33BrF3N5O4. The Morgan fingerprint density at radius 1 is 1.05 bits per heavy atom. The molecule has 40 heavy (non-hydrogen) atoms. The van der Waals surface area contributed by atoms with Crippen molar-refractivity contribution in [2.45, 2.75) is 52.3 Å². The maximum atomic E-state index is 12.8. The molecule has 0 bridgehead atoms. The Kier molecular flexibility index (Phi) is 10.8. The van der Waals surface area contributed by atoms with Crippen molar-refractivity contribution in [3.63, 3.8) is 0 Å². The Balaban J connectivity index is 1.72. The fourth-order valence-electron chi connectivity index (χ4n) is 3.54. The normalized spacial score (nSPS) is 15.6. The van der Waals surface area contributed by atoms with Gasteiger partial charge in [-0.1, -0.05) is 34.5 Å². The van der Waals surface area contributed by atoms with Gasteiger partial charge in [-0.3, -0.25) is 0 Å². The number of allylic oxidation sites excluding steroid dienone is 3. The van der Waals surface area contributed by atoms with Crippen LogP contribution in [0.2, 0.25) is 0 Å². The maximum absolute atomic E-state index is 12.8. The van der Waals surface area contributed by atoms with E-state index in [1.54, 1.807) is 45.0 Å². The Morgan fingerprint density at radius 3 is 2.38 bits per heavy atom. The quantitative estimate of drug-likeness (QED) is 0.153. The summed E-state index contributed by atoms with van der Waals surface area (Å²) in [6.07, 6.45) is 0.965. The lowest BCUT2D eigenvalue weighted by molar-refractivity contribution is -0.154. The fraction of sp³-hybridized carbons (Fsp3) is 0.481. The highest BCUT2D eigenvalue weighted by atomic mass is 79.9. The van der Waals surface area contributed by atoms with E-state index in [2.05, 4.69) is 48.4 Å². The van der Waals surface area contributed by atoms with E-state index in [4.69, 9.17) is 14.2 Å². The van der Waals surface area contributed by atoms with Crippen LogP contribution in [0, 0.1) is 5.92 Å². The van der Waals surface area contributed by atoms with Crippen LogP contribution < -0.4 is 15.4 Å². The van der Waals surface area contributed by atoms with Gasteiger partial charge in [-0.2, -0.15) is 28.1 Å². The van der Waals surface area contributed by atoms with Crippen LogP contribution >= 0.6 is 15.9 Å². The van der Waals surface area contributed by atoms with Crippen molar-refractivity contribution in [1.82, 2.24) is 15.0 Å². The number of ether oxygens (including phenoxy) is 3. The second kappa shape index (κ2) is 13.8. The standard InChI is InChI=1S/C27H33BrF3N5O4/c1-17-14-18(6-11-21(17)38-13-5-12-28)15-32-23-34-24(36-25(35-23)39-16-27(29,30)31)33-20-9-7-19(8-10-20)22(37)40-26(2,3)4/h6-11,17H,5,12-16H2,1-4H3,(H2,32,33,34,35,36). The number of hydrogen-bond acceptors (Lipinski definition) is 9. The topological polar surface area (TPSA) is 107 Å². The van der Waals surface area contributed by atoms with E-state index in [0.29, 0.717) is 24.4 Å². The summed E-state index contributed by atoms with van der Waals surface area (Å²) in [7, 11) is 0. The molecule has 9 nitrogen and oxygen atoms in total. The van der Waals surface area contributed by atoms with Crippen molar-refractivity contribution in [2.24, 2.45) is 5.92 Å². The Hall–Kier alpha value is -3.35. The van der Waals surface area contributed by atoms with Crippen molar-refractivity contribution in [2.75, 3.05) is 35.7 Å². The van der Waals surface area contributed by atoms with Gasteiger partial charge >= 0.3 is 18.2 Å². The molecule has 13 heteroatoms. The Labute approximate surface area is 239 Å². The van der Waals surface area contributed by atoms with Gasteiger partial charge in [0.05, 0.1) is 17.9 Å². The molecule has 0 saturated heterocycles. The van der Waals surface area contributed by atoms with Gasteiger partial charge in [-0.15, -0.1) is 0 Å². The van der Waals surface area contributed by atoms with E-state index in [0.717, 1.165) is 29.5 Å². The first-order valence-electron chi connectivity index (χ1n) is 12.7. The zero-order valence-corrected chi connectivity index (χ0v) is 24.4. The number of anilines is 3. The smallest absolute Gasteiger partial charge is 0.422 e. The number of halogens is 4. The lowest BCUT2D eigenvalue weighted by atomic mass is 9.94. The van der Waals surface area contributed by atoms with Gasteiger partial charge in [-0.05, 0) is 64.0 Å². The maximum Gasteiger partial charge on any atom is 0.422 e. The van der Waals surface area contributed by atoms with Gasteiger partial charge in [-0.25, -0.2) is 4.79 Å². The molecule has 2 N–H and O–H groups in total. The van der Waals surface area contributed by atoms with Gasteiger partial charge in [0.25, 0.3) is 0 Å². The van der Waals surface area contributed by atoms with Gasteiger partial charge in [0.1, 0.15) is 5.60 Å². The number of hydrogen-bond donors (Lipinski definition) is 2. The molecule has 1 aromatic carbocycles. The summed E-state index contributed by atoms with van der Waals surface area (Å²) in [4.78, 5) is 24.5. The van der Waals surface area contributed by atoms with Crippen LogP contribution in [0.3, 0.4) is 0 Å². The summed E-state index contributed by atoms with van der Waals surface area (Å²) >= 11 is 3.38. The Bertz CT molecular complexity index is 1210. The molecule has 0 radical (unpaired) electrons. The third-order valence-electron chi connectivity index (χ3n) is 5.31. The molecule has 1 aliphatic rings. The second-order valence-electron chi connectivity index (χ2n) is 10.1. The average molecular weight is 628 g/mol. The first-order chi connectivity index (χ1) is 18.8. The van der Waals surface area contributed by atoms with E-state index >= 15 is 0 Å². The number of benzene rings is 1. The van der Waals surface area contributed by atoms with Crippen LogP contribution in [0.15, 0.2) is 47.7 Å². The molecule has 0 aliphatic heterocycles. The van der Waals surface area contributed by atoms with E-state index < -0.39 is 30.4 Å². The summed E-state index contributed by atoms with van der Waals surface area (Å²) in [6, 6.07) is 5.82. The third kappa shape index (κ3) is 10.7. The summed E-state index contributed by atoms with van der Waals surface area (Å²) in [5.41, 5.74) is 1.24. The number of rotatable bonds is 12. The predicted octanol–water partition coefficient (Wildman–Crippen LogP) is 6.58. The van der Waals surface area contributed by atoms with E-state index in [9.17, 15) is 18.0 Å². The summed E-state index contributed by atoms with van der Waals surface area (Å²) < 4.78 is 54.2. The van der Waals surface area contributed by atoms with Crippen molar-refractivity contribution in [3.8, 4) is 6.01 Å². The predicted molar refractivity (Wildman–Crippen MR) is 149 cm³/mol. The third-order valence-corrected chi connectivity index (χ3v) is 5.87. The van der Waals surface area contributed by atoms with E-state index in [1.807, 2.05) is 12.2 Å². The lowest BCUT2D eigenvalue weighted by Gasteiger charge is -2.22. The second-order valence-corrected chi connectivity index (χ2v) is 10.9. The SMILES string of the molecule is CC1CC(CNc2nc(Nc3ccc(C(=O)OC(C)(C)C)cc3)nc(OCC(F)(F)F)n2)=CC=C1OCCCBr. The van der Waals surface area contributed by atoms with Crippen LogP contribution in [0.1, 0.15) is 50.9 Å². The van der Waals surface area contributed by atoms with Gasteiger partial charge in [0, 0.05) is 23.5 Å². The molecule has 0 saturated carbocycles. The van der Waals surface area contributed by atoms with Crippen LogP contribution in [0.25, 0.3) is 0 Å². The lowest BCUT2D eigenvalue weighted by Crippen LogP contribution is -2.23. The monoisotopic (exact) mass is 627 g/mol. The molecule has 1 atom stereocenters. The van der Waals surface area contributed by atoms with E-state index in [-0.39, 0.29) is 17.8 Å². The van der Waals surface area contributed by atoms with E-state index in [1.165, 1.54) is 0 Å². The summed E-state index contributed by atoms with van der Waals surface area (Å²) in [6.45, 7) is 6.82. The molecule has 1 aromatic heterocycles. The average Bonchev–Trinajstić information content (AvgIpc) is 2.86. The number of esters is 1. The minimum Gasteiger partial charge on any atom is -0.498 e. The number of carbonyl (C=O) groups is 1. The number of aromatic nitrogens is 3. The van der Waals surface area contributed by atoms with Gasteiger partial charge in [0.2, 0.25) is 11.9 Å². The van der Waals surface area contributed by atoms with Crippen molar-refractivity contribution in [3.05, 3.63) is 53.3 Å². The molecule has 1 aliphatic carbocycles. The minimum absolute atomic E-state index is 0.0342. The van der Waals surface area contributed by atoms with Gasteiger partial charge < -0.3 is 24.8 Å². The largest absolute Gasteiger partial charge is 0.498 e. The zero-order chi connectivity index (χ0) is 29.3. The fourth-order valence-corrected chi connectivity index (χ4v) is 3.77. The molecule has 3 rings (SSSR count). The summed E-state index contributed by atoms with van der Waals surface area (Å²) in [5, 5.41) is 6.82. The number of carbonyl (C=O) groups excluding carboxylic acids is 1. The minimum atomic E-state index is -4.56. The van der Waals surface area contributed by atoms with Crippen molar-refractivity contribution >= 4 is 39.5 Å². The molecule has 0 spiro atoms. The van der Waals surface area contributed by atoms with Gasteiger partial charge in [0.15, 0.2) is 6.61 Å².